The highest BCUT2D eigenvalue weighted by molar-refractivity contribution is 6.07. The van der Waals surface area contributed by atoms with Gasteiger partial charge in [0.2, 0.25) is 0 Å². The number of aryl methyl sites for hydroxylation is 1. The van der Waals surface area contributed by atoms with Crippen LogP contribution in [0.3, 0.4) is 0 Å². The van der Waals surface area contributed by atoms with E-state index in [0.29, 0.717) is 35.4 Å². The molecule has 178 valence electrons. The molecule has 1 N–H and O–H groups in total. The summed E-state index contributed by atoms with van der Waals surface area (Å²) in [6.45, 7) is 2.08. The van der Waals surface area contributed by atoms with Gasteiger partial charge in [0.25, 0.3) is 11.5 Å². The van der Waals surface area contributed by atoms with Gasteiger partial charge in [0, 0.05) is 31.6 Å². The minimum absolute atomic E-state index is 0.122. The molecule has 1 amide bonds. The number of carbonyl (C=O) groups excluding carboxylic acids is 1. The van der Waals surface area contributed by atoms with E-state index in [0.717, 1.165) is 57.3 Å². The van der Waals surface area contributed by atoms with E-state index in [1.807, 2.05) is 4.90 Å². The van der Waals surface area contributed by atoms with Crippen molar-refractivity contribution in [1.29, 1.82) is 0 Å². The first-order chi connectivity index (χ1) is 16.3. The lowest BCUT2D eigenvalue weighted by Gasteiger charge is -2.23. The number of fused-ring (bicyclic) bond motifs is 2. The van der Waals surface area contributed by atoms with Crippen LogP contribution >= 0.6 is 0 Å². The van der Waals surface area contributed by atoms with Gasteiger partial charge in [-0.3, -0.25) is 14.2 Å². The Bertz CT molecular complexity index is 1310. The molecule has 5 rings (SSSR count). The number of benzene rings is 2. The van der Waals surface area contributed by atoms with E-state index in [2.05, 4.69) is 10.3 Å². The summed E-state index contributed by atoms with van der Waals surface area (Å²) in [6, 6.07) is 8.08. The highest BCUT2D eigenvalue weighted by atomic mass is 19.4. The Balaban J connectivity index is 1.50. The molecule has 0 radical (unpaired) electrons. The van der Waals surface area contributed by atoms with Crippen molar-refractivity contribution in [2.75, 3.05) is 23.3 Å². The number of nitrogens with one attached hydrogen (secondary N) is 1. The zero-order chi connectivity index (χ0) is 23.9. The number of amides is 1. The summed E-state index contributed by atoms with van der Waals surface area (Å²) >= 11 is 0. The first kappa shape index (κ1) is 22.4. The molecule has 2 aliphatic rings. The zero-order valence-corrected chi connectivity index (χ0v) is 18.6. The zero-order valence-electron chi connectivity index (χ0n) is 18.6. The van der Waals surface area contributed by atoms with Gasteiger partial charge in [-0.25, -0.2) is 4.98 Å². The second kappa shape index (κ2) is 8.77. The average molecular weight is 470 g/mol. The van der Waals surface area contributed by atoms with Crippen LogP contribution < -0.4 is 15.8 Å². The van der Waals surface area contributed by atoms with Crippen LogP contribution in [-0.2, 0) is 19.1 Å². The molecular formula is C25H25F3N4O2. The molecule has 6 nitrogen and oxygen atoms in total. The molecule has 2 aromatic carbocycles. The van der Waals surface area contributed by atoms with E-state index in [4.69, 9.17) is 0 Å². The molecule has 3 aromatic rings. The lowest BCUT2D eigenvalue weighted by molar-refractivity contribution is -0.137. The van der Waals surface area contributed by atoms with Crippen LogP contribution in [0.25, 0.3) is 10.9 Å². The van der Waals surface area contributed by atoms with Crippen LogP contribution in [0.15, 0.2) is 41.2 Å². The van der Waals surface area contributed by atoms with Crippen LogP contribution in [0.4, 0.5) is 24.5 Å². The third-order valence-corrected chi connectivity index (χ3v) is 6.60. The number of alkyl halides is 3. The quantitative estimate of drug-likeness (QED) is 0.586. The van der Waals surface area contributed by atoms with E-state index in [-0.39, 0.29) is 16.8 Å². The van der Waals surface area contributed by atoms with Gasteiger partial charge in [-0.2, -0.15) is 13.2 Å². The summed E-state index contributed by atoms with van der Waals surface area (Å²) in [6.07, 6.45) is 0.989. The lowest BCUT2D eigenvalue weighted by atomic mass is 10.1. The molecule has 9 heteroatoms. The molecular weight excluding hydrogens is 445 g/mol. The SMILES string of the molecule is O=C(Nc1cc(C(F)(F)F)ccc1N1CCCC1)c1ccc2c(=O)n3c(nc2c1)CCCCC3. The Labute approximate surface area is 194 Å². The summed E-state index contributed by atoms with van der Waals surface area (Å²) in [5.74, 6) is 0.167. The number of hydrogen-bond donors (Lipinski definition) is 1. The summed E-state index contributed by atoms with van der Waals surface area (Å²) < 4.78 is 41.8. The van der Waals surface area contributed by atoms with Gasteiger partial charge < -0.3 is 10.2 Å². The minimum Gasteiger partial charge on any atom is -0.370 e. The third kappa shape index (κ3) is 4.26. The highest BCUT2D eigenvalue weighted by Gasteiger charge is 2.32. The monoisotopic (exact) mass is 470 g/mol. The summed E-state index contributed by atoms with van der Waals surface area (Å²) in [5, 5.41) is 3.11. The Kier molecular flexibility index (Phi) is 5.79. The number of carbonyl (C=O) groups is 1. The average Bonchev–Trinajstić information content (AvgIpc) is 3.24. The van der Waals surface area contributed by atoms with Crippen molar-refractivity contribution in [1.82, 2.24) is 9.55 Å². The number of halogens is 3. The van der Waals surface area contributed by atoms with E-state index in [1.165, 1.54) is 12.1 Å². The smallest absolute Gasteiger partial charge is 0.370 e. The molecule has 34 heavy (non-hydrogen) atoms. The topological polar surface area (TPSA) is 67.2 Å². The number of nitrogens with zero attached hydrogens (tertiary/aromatic N) is 3. The Hall–Kier alpha value is -3.36. The molecule has 0 atom stereocenters. The predicted molar refractivity (Wildman–Crippen MR) is 124 cm³/mol. The van der Waals surface area contributed by atoms with Crippen molar-refractivity contribution in [2.45, 2.75) is 51.2 Å². The molecule has 2 aliphatic heterocycles. The molecule has 0 unspecified atom stereocenters. The van der Waals surface area contributed by atoms with Crippen molar-refractivity contribution in [2.24, 2.45) is 0 Å². The second-order valence-electron chi connectivity index (χ2n) is 8.91. The first-order valence-corrected chi connectivity index (χ1v) is 11.6. The van der Waals surface area contributed by atoms with Crippen LogP contribution in [0, 0.1) is 0 Å². The second-order valence-corrected chi connectivity index (χ2v) is 8.91. The standard InChI is InChI=1S/C25H25F3N4O2/c26-25(27,28)17-8-10-21(31-11-4-5-12-31)20(15-17)30-23(33)16-7-9-18-19(14-16)29-22-6-2-1-3-13-32(22)24(18)34/h7-10,14-15H,1-6,11-13H2,(H,30,33). The predicted octanol–water partition coefficient (Wildman–Crippen LogP) is 4.99. The largest absolute Gasteiger partial charge is 0.416 e. The third-order valence-electron chi connectivity index (χ3n) is 6.60. The van der Waals surface area contributed by atoms with Crippen molar-refractivity contribution < 1.29 is 18.0 Å². The van der Waals surface area contributed by atoms with Crippen LogP contribution in [0.1, 0.15) is 53.8 Å². The number of rotatable bonds is 3. The van der Waals surface area contributed by atoms with Crippen LogP contribution in [-0.4, -0.2) is 28.5 Å². The maximum atomic E-state index is 13.4. The van der Waals surface area contributed by atoms with Gasteiger partial charge in [0.15, 0.2) is 0 Å². The summed E-state index contributed by atoms with van der Waals surface area (Å²) in [7, 11) is 0. The normalized spacial score (nSPS) is 16.4. The fraction of sp³-hybridized carbons (Fsp3) is 0.400. The fourth-order valence-electron chi connectivity index (χ4n) is 4.80. The minimum atomic E-state index is -4.52. The molecule has 1 aromatic heterocycles. The summed E-state index contributed by atoms with van der Waals surface area (Å²) in [4.78, 5) is 32.6. The van der Waals surface area contributed by atoms with Crippen molar-refractivity contribution in [3.8, 4) is 0 Å². The van der Waals surface area contributed by atoms with Gasteiger partial charge in [-0.15, -0.1) is 0 Å². The molecule has 3 heterocycles. The maximum Gasteiger partial charge on any atom is 0.416 e. The molecule has 0 spiro atoms. The Morgan fingerprint density at radius 1 is 0.941 bits per heavy atom. The molecule has 0 bridgehead atoms. The number of anilines is 2. The molecule has 0 saturated carbocycles. The first-order valence-electron chi connectivity index (χ1n) is 11.6. The van der Waals surface area contributed by atoms with Gasteiger partial charge in [-0.05, 0) is 62.1 Å². The van der Waals surface area contributed by atoms with E-state index in [1.54, 1.807) is 16.7 Å². The van der Waals surface area contributed by atoms with E-state index in [9.17, 15) is 22.8 Å². The number of aromatic nitrogens is 2. The van der Waals surface area contributed by atoms with E-state index < -0.39 is 17.6 Å². The van der Waals surface area contributed by atoms with Crippen LogP contribution in [0.5, 0.6) is 0 Å². The van der Waals surface area contributed by atoms with Crippen LogP contribution in [0.2, 0.25) is 0 Å². The van der Waals surface area contributed by atoms with E-state index >= 15 is 0 Å². The van der Waals surface area contributed by atoms with Crippen molar-refractivity contribution in [3.05, 3.63) is 63.7 Å². The van der Waals surface area contributed by atoms with Gasteiger partial charge in [0.05, 0.1) is 27.8 Å². The Morgan fingerprint density at radius 2 is 1.71 bits per heavy atom. The maximum absolute atomic E-state index is 13.4. The number of hydrogen-bond acceptors (Lipinski definition) is 4. The molecule has 1 saturated heterocycles. The Morgan fingerprint density at radius 3 is 2.47 bits per heavy atom. The highest BCUT2D eigenvalue weighted by Crippen LogP contribution is 2.36. The van der Waals surface area contributed by atoms with Crippen molar-refractivity contribution in [3.63, 3.8) is 0 Å². The fourth-order valence-corrected chi connectivity index (χ4v) is 4.80. The van der Waals surface area contributed by atoms with Gasteiger partial charge in [0.1, 0.15) is 5.82 Å². The molecule has 1 fully saturated rings. The van der Waals surface area contributed by atoms with Gasteiger partial charge in [-0.1, -0.05) is 6.42 Å². The van der Waals surface area contributed by atoms with Crippen molar-refractivity contribution >= 4 is 28.2 Å². The van der Waals surface area contributed by atoms with Gasteiger partial charge >= 0.3 is 6.18 Å². The lowest BCUT2D eigenvalue weighted by Crippen LogP contribution is -2.25. The molecule has 0 aliphatic carbocycles. The summed E-state index contributed by atoms with van der Waals surface area (Å²) in [5.41, 5.74) is 0.417.